The van der Waals surface area contributed by atoms with Gasteiger partial charge in [0.25, 0.3) is 16.0 Å². The molecule has 0 aromatic carbocycles. The molecule has 3 aromatic rings. The molecule has 0 atom stereocenters. The second-order valence-electron chi connectivity index (χ2n) is 3.92. The van der Waals surface area contributed by atoms with Crippen molar-refractivity contribution in [2.45, 2.75) is 11.9 Å². The minimum Gasteiger partial charge on any atom is -0.368 e. The highest BCUT2D eigenvalue weighted by molar-refractivity contribution is 7.92. The second-order valence-corrected chi connectivity index (χ2v) is 6.39. The Kier molecular flexibility index (Phi) is 3.43. The molecule has 0 spiro atoms. The van der Waals surface area contributed by atoms with Gasteiger partial charge >= 0.3 is 0 Å². The van der Waals surface area contributed by atoms with E-state index in [0.29, 0.717) is 17.3 Å². The van der Waals surface area contributed by atoms with Crippen molar-refractivity contribution in [3.63, 3.8) is 0 Å². The number of nitrogens with zero attached hydrogens (tertiary/aromatic N) is 5. The molecule has 0 fully saturated rings. The summed E-state index contributed by atoms with van der Waals surface area (Å²) in [6, 6.07) is 0. The Morgan fingerprint density at radius 2 is 2.24 bits per heavy atom. The Morgan fingerprint density at radius 3 is 2.95 bits per heavy atom. The maximum Gasteiger partial charge on any atom is 0.284 e. The summed E-state index contributed by atoms with van der Waals surface area (Å²) in [5, 5.41) is 11.9. The van der Waals surface area contributed by atoms with Crippen LogP contribution >= 0.6 is 11.3 Å². The van der Waals surface area contributed by atoms with Crippen molar-refractivity contribution in [3.8, 4) is 0 Å². The minimum atomic E-state index is -3.89. The zero-order valence-electron chi connectivity index (χ0n) is 10.9. The van der Waals surface area contributed by atoms with Gasteiger partial charge in [0.15, 0.2) is 10.8 Å². The first-order valence-corrected chi connectivity index (χ1v) is 8.34. The van der Waals surface area contributed by atoms with Crippen molar-refractivity contribution in [1.29, 1.82) is 0 Å². The van der Waals surface area contributed by atoms with E-state index in [1.807, 2.05) is 6.92 Å². The molecular weight excluding hydrogens is 314 g/mol. The van der Waals surface area contributed by atoms with Crippen molar-refractivity contribution in [2.24, 2.45) is 0 Å². The molecule has 0 aliphatic heterocycles. The van der Waals surface area contributed by atoms with Gasteiger partial charge in [0.1, 0.15) is 0 Å². The Balaban J connectivity index is 2.09. The van der Waals surface area contributed by atoms with E-state index in [1.165, 1.54) is 28.1 Å². The van der Waals surface area contributed by atoms with Crippen molar-refractivity contribution >= 4 is 38.1 Å². The Hall–Kier alpha value is -2.27. The van der Waals surface area contributed by atoms with Crippen LogP contribution in [0.4, 0.5) is 11.8 Å². The maximum atomic E-state index is 12.6. The number of hydrogen-bond donors (Lipinski definition) is 2. The summed E-state index contributed by atoms with van der Waals surface area (Å²) in [6.07, 6.45) is 4.36. The molecule has 0 amide bonds. The molecule has 0 saturated carbocycles. The van der Waals surface area contributed by atoms with Crippen LogP contribution in [-0.4, -0.2) is 39.5 Å². The molecule has 0 aliphatic carbocycles. The average molecular weight is 325 g/mol. The molecule has 3 heterocycles. The standard InChI is InChI=1S/C10H11N7O2S2/c1-2-11-7-8(17-5-6-20-10(17)14-7)21(18,19)16-9-12-3-4-13-15-9/h3-6,11H,2H2,1H3,(H,12,15,16). The summed E-state index contributed by atoms with van der Waals surface area (Å²) in [5.41, 5.74) is 0. The fourth-order valence-electron chi connectivity index (χ4n) is 1.77. The molecule has 0 aliphatic rings. The van der Waals surface area contributed by atoms with E-state index >= 15 is 0 Å². The van der Waals surface area contributed by atoms with Crippen LogP contribution in [0.25, 0.3) is 4.96 Å². The van der Waals surface area contributed by atoms with Gasteiger partial charge in [-0.2, -0.15) is 13.5 Å². The van der Waals surface area contributed by atoms with E-state index in [0.717, 1.165) is 0 Å². The average Bonchev–Trinajstić information content (AvgIpc) is 2.99. The third-order valence-corrected chi connectivity index (χ3v) is 4.63. The van der Waals surface area contributed by atoms with Gasteiger partial charge in [-0.05, 0) is 6.92 Å². The normalized spacial score (nSPS) is 11.7. The van der Waals surface area contributed by atoms with Gasteiger partial charge < -0.3 is 5.32 Å². The van der Waals surface area contributed by atoms with E-state index in [4.69, 9.17) is 0 Å². The lowest BCUT2D eigenvalue weighted by Crippen LogP contribution is -2.18. The lowest BCUT2D eigenvalue weighted by Gasteiger charge is -2.07. The zero-order chi connectivity index (χ0) is 14.9. The molecule has 0 bridgehead atoms. The summed E-state index contributed by atoms with van der Waals surface area (Å²) in [4.78, 5) is 8.65. The summed E-state index contributed by atoms with van der Waals surface area (Å²) in [5.74, 6) is 0.200. The minimum absolute atomic E-state index is 0.0213. The third-order valence-electron chi connectivity index (χ3n) is 2.53. The number of anilines is 2. The molecule has 3 rings (SSSR count). The zero-order valence-corrected chi connectivity index (χ0v) is 12.5. The van der Waals surface area contributed by atoms with Crippen molar-refractivity contribution in [1.82, 2.24) is 24.6 Å². The summed E-state index contributed by atoms with van der Waals surface area (Å²) < 4.78 is 28.9. The predicted molar refractivity (Wildman–Crippen MR) is 77.9 cm³/mol. The highest BCUT2D eigenvalue weighted by atomic mass is 32.2. The first-order chi connectivity index (χ1) is 10.1. The van der Waals surface area contributed by atoms with Gasteiger partial charge in [-0.15, -0.1) is 16.4 Å². The highest BCUT2D eigenvalue weighted by Gasteiger charge is 2.26. The number of rotatable bonds is 5. The summed E-state index contributed by atoms with van der Waals surface area (Å²) >= 11 is 1.35. The molecular formula is C10H11N7O2S2. The Morgan fingerprint density at radius 1 is 1.38 bits per heavy atom. The van der Waals surface area contributed by atoms with Gasteiger partial charge in [-0.3, -0.25) is 4.40 Å². The number of fused-ring (bicyclic) bond motifs is 1. The van der Waals surface area contributed by atoms with E-state index < -0.39 is 10.0 Å². The molecule has 21 heavy (non-hydrogen) atoms. The lowest BCUT2D eigenvalue weighted by molar-refractivity contribution is 0.596. The smallest absolute Gasteiger partial charge is 0.284 e. The SMILES string of the molecule is CCNc1nc2sccn2c1S(=O)(=O)Nc1nccnn1. The number of imidazole rings is 1. The molecule has 0 unspecified atom stereocenters. The quantitative estimate of drug-likeness (QED) is 0.713. The van der Waals surface area contributed by atoms with Gasteiger partial charge in [0, 0.05) is 18.1 Å². The van der Waals surface area contributed by atoms with Crippen LogP contribution < -0.4 is 10.0 Å². The van der Waals surface area contributed by atoms with Crippen LogP contribution in [0.1, 0.15) is 6.92 Å². The van der Waals surface area contributed by atoms with Crippen molar-refractivity contribution in [3.05, 3.63) is 24.0 Å². The Labute approximate surface area is 124 Å². The van der Waals surface area contributed by atoms with E-state index in [2.05, 4.69) is 30.2 Å². The first kappa shape index (κ1) is 13.7. The van der Waals surface area contributed by atoms with E-state index in [1.54, 1.807) is 11.6 Å². The number of sulfonamides is 1. The fourth-order valence-corrected chi connectivity index (χ4v) is 3.75. The first-order valence-electron chi connectivity index (χ1n) is 5.97. The molecule has 9 nitrogen and oxygen atoms in total. The van der Waals surface area contributed by atoms with Crippen LogP contribution in [0.5, 0.6) is 0 Å². The number of hydrogen-bond acceptors (Lipinski definition) is 8. The van der Waals surface area contributed by atoms with E-state index in [9.17, 15) is 8.42 Å². The monoisotopic (exact) mass is 325 g/mol. The van der Waals surface area contributed by atoms with Gasteiger partial charge in [-0.25, -0.2) is 14.7 Å². The largest absolute Gasteiger partial charge is 0.368 e. The molecule has 2 N–H and O–H groups in total. The van der Waals surface area contributed by atoms with Gasteiger partial charge in [0.2, 0.25) is 5.03 Å². The van der Waals surface area contributed by atoms with Gasteiger partial charge in [0.05, 0.1) is 12.4 Å². The van der Waals surface area contributed by atoms with Crippen LogP contribution in [0.15, 0.2) is 29.0 Å². The second kappa shape index (κ2) is 5.26. The van der Waals surface area contributed by atoms with Crippen LogP contribution in [0, 0.1) is 0 Å². The predicted octanol–water partition coefficient (Wildman–Crippen LogP) is 0.813. The number of nitrogens with one attached hydrogen (secondary N) is 2. The van der Waals surface area contributed by atoms with E-state index in [-0.39, 0.29) is 11.0 Å². The van der Waals surface area contributed by atoms with Crippen LogP contribution in [0.3, 0.4) is 0 Å². The van der Waals surface area contributed by atoms with Gasteiger partial charge in [-0.1, -0.05) is 0 Å². The van der Waals surface area contributed by atoms with Crippen molar-refractivity contribution < 1.29 is 8.42 Å². The number of thiazole rings is 1. The number of aromatic nitrogens is 5. The fraction of sp³-hybridized carbons (Fsp3) is 0.200. The lowest BCUT2D eigenvalue weighted by atomic mass is 10.6. The van der Waals surface area contributed by atoms with Crippen LogP contribution in [0.2, 0.25) is 0 Å². The topological polar surface area (TPSA) is 114 Å². The third kappa shape index (κ3) is 2.52. The summed E-state index contributed by atoms with van der Waals surface area (Å²) in [6.45, 7) is 2.41. The molecule has 110 valence electrons. The highest BCUT2D eigenvalue weighted by Crippen LogP contribution is 2.26. The molecule has 0 radical (unpaired) electrons. The summed E-state index contributed by atoms with van der Waals surface area (Å²) in [7, 11) is -3.89. The Bertz CT molecular complexity index is 856. The van der Waals surface area contributed by atoms with Crippen molar-refractivity contribution in [2.75, 3.05) is 16.6 Å². The maximum absolute atomic E-state index is 12.6. The molecule has 11 heteroatoms. The molecule has 3 aromatic heterocycles. The molecule has 0 saturated heterocycles. The van der Waals surface area contributed by atoms with Crippen LogP contribution in [-0.2, 0) is 10.0 Å².